The van der Waals surface area contributed by atoms with Crippen LogP contribution in [0.2, 0.25) is 0 Å². The Labute approximate surface area is 173 Å². The van der Waals surface area contributed by atoms with Crippen LogP contribution in [0.1, 0.15) is 74.1 Å². The zero-order valence-corrected chi connectivity index (χ0v) is 17.4. The summed E-state index contributed by atoms with van der Waals surface area (Å²) in [5.74, 6) is 2.18. The minimum Gasteiger partial charge on any atom is -0.334 e. The van der Waals surface area contributed by atoms with Gasteiger partial charge in [0.1, 0.15) is 11.3 Å². The highest BCUT2D eigenvalue weighted by Gasteiger charge is 2.33. The molecule has 0 aromatic carbocycles. The number of hydrogen-bond donors (Lipinski definition) is 1. The molecule has 7 heteroatoms. The first kappa shape index (κ1) is 18.7. The molecule has 152 valence electrons. The normalized spacial score (nSPS) is 21.8. The fourth-order valence-corrected chi connectivity index (χ4v) is 5.80. The largest absolute Gasteiger partial charge is 0.334 e. The van der Waals surface area contributed by atoms with Gasteiger partial charge >= 0.3 is 0 Å². The van der Waals surface area contributed by atoms with Crippen LogP contribution in [0.4, 0.5) is 5.00 Å². The molecule has 0 saturated heterocycles. The summed E-state index contributed by atoms with van der Waals surface area (Å²) in [4.78, 5) is 30.4. The Morgan fingerprint density at radius 1 is 1.21 bits per heavy atom. The number of rotatable bonds is 5. The Balaban J connectivity index is 1.52. The van der Waals surface area contributed by atoms with Crippen molar-refractivity contribution in [3.8, 4) is 11.5 Å². The fourth-order valence-electron chi connectivity index (χ4n) is 4.41. The highest BCUT2D eigenvalue weighted by Crippen LogP contribution is 2.46. The summed E-state index contributed by atoms with van der Waals surface area (Å²) in [6.07, 6.45) is 9.41. The first-order chi connectivity index (χ1) is 14.1. The van der Waals surface area contributed by atoms with Crippen LogP contribution in [0.15, 0.2) is 15.7 Å². The van der Waals surface area contributed by atoms with Gasteiger partial charge in [-0.25, -0.2) is 0 Å². The molecule has 1 atom stereocenters. The number of hydrogen-bond acceptors (Lipinski definition) is 6. The molecule has 1 unspecified atom stereocenters. The standard InChI is InChI=1S/C22H25N3O3S/c1-12-6-9-16-17(10-12)29-22(18(16)21-23-19(25-28-21)13-7-8-13)24-20(27)15-5-3-2-4-14(15)11-26/h11-13H,2-10H2,1H3,(H,24,27). The van der Waals surface area contributed by atoms with Gasteiger partial charge in [0.25, 0.3) is 11.8 Å². The molecule has 1 saturated carbocycles. The Hall–Kier alpha value is -2.28. The van der Waals surface area contributed by atoms with Gasteiger partial charge in [-0.3, -0.25) is 9.59 Å². The van der Waals surface area contributed by atoms with Gasteiger partial charge in [-0.1, -0.05) is 12.1 Å². The SMILES string of the molecule is CC1CCc2c(sc(NC(=O)C3=C(C=O)CCCC3)c2-c2nc(C3CC3)no2)C1. The molecule has 3 aliphatic rings. The lowest BCUT2D eigenvalue weighted by Gasteiger charge is -2.18. The molecule has 0 spiro atoms. The summed E-state index contributed by atoms with van der Waals surface area (Å²) < 4.78 is 5.64. The Morgan fingerprint density at radius 2 is 2.03 bits per heavy atom. The number of carbonyl (C=O) groups is 2. The number of fused-ring (bicyclic) bond motifs is 1. The second-order valence-corrected chi connectivity index (χ2v) is 9.68. The van der Waals surface area contributed by atoms with E-state index < -0.39 is 0 Å². The summed E-state index contributed by atoms with van der Waals surface area (Å²) >= 11 is 1.62. The second-order valence-electron chi connectivity index (χ2n) is 8.57. The third-order valence-corrected chi connectivity index (χ3v) is 7.43. The summed E-state index contributed by atoms with van der Waals surface area (Å²) in [6, 6.07) is 0. The van der Waals surface area contributed by atoms with Gasteiger partial charge < -0.3 is 9.84 Å². The van der Waals surface area contributed by atoms with Crippen LogP contribution in [0.5, 0.6) is 0 Å². The van der Waals surface area contributed by atoms with Gasteiger partial charge in [0, 0.05) is 21.9 Å². The van der Waals surface area contributed by atoms with E-state index >= 15 is 0 Å². The zero-order valence-electron chi connectivity index (χ0n) is 16.6. The topological polar surface area (TPSA) is 85.1 Å². The lowest BCUT2D eigenvalue weighted by Crippen LogP contribution is -2.18. The van der Waals surface area contributed by atoms with Crippen molar-refractivity contribution >= 4 is 28.5 Å². The minimum atomic E-state index is -0.165. The molecule has 2 aromatic rings. The maximum absolute atomic E-state index is 13.0. The molecular formula is C22H25N3O3S. The number of nitrogens with zero attached hydrogens (tertiary/aromatic N) is 2. The maximum atomic E-state index is 13.0. The molecule has 1 amide bonds. The van der Waals surface area contributed by atoms with Crippen LogP contribution < -0.4 is 5.32 Å². The van der Waals surface area contributed by atoms with Crippen LogP contribution >= 0.6 is 11.3 Å². The monoisotopic (exact) mass is 411 g/mol. The van der Waals surface area contributed by atoms with Gasteiger partial charge in [-0.2, -0.15) is 4.98 Å². The van der Waals surface area contributed by atoms with E-state index in [9.17, 15) is 9.59 Å². The van der Waals surface area contributed by atoms with Gasteiger partial charge in [0.2, 0.25) is 0 Å². The summed E-state index contributed by atoms with van der Waals surface area (Å²) in [7, 11) is 0. The second kappa shape index (κ2) is 7.52. The number of thiophene rings is 1. The predicted octanol–water partition coefficient (Wildman–Crippen LogP) is 4.81. The molecule has 29 heavy (non-hydrogen) atoms. The number of aromatic nitrogens is 2. The quantitative estimate of drug-likeness (QED) is 0.714. The average Bonchev–Trinajstić information content (AvgIpc) is 3.36. The van der Waals surface area contributed by atoms with E-state index in [2.05, 4.69) is 22.4 Å². The van der Waals surface area contributed by atoms with E-state index in [1.165, 1.54) is 10.4 Å². The third-order valence-electron chi connectivity index (χ3n) is 6.26. The Morgan fingerprint density at radius 3 is 2.83 bits per heavy atom. The fraction of sp³-hybridized carbons (Fsp3) is 0.545. The molecule has 2 heterocycles. The van der Waals surface area contributed by atoms with Crippen LogP contribution in [0, 0.1) is 5.92 Å². The predicted molar refractivity (Wildman–Crippen MR) is 111 cm³/mol. The molecule has 0 bridgehead atoms. The van der Waals surface area contributed by atoms with Crippen LogP contribution in [-0.2, 0) is 22.4 Å². The molecule has 0 aliphatic heterocycles. The molecule has 2 aromatic heterocycles. The van der Waals surface area contributed by atoms with Crippen LogP contribution in [0.25, 0.3) is 11.5 Å². The van der Waals surface area contributed by atoms with Crippen LogP contribution in [0.3, 0.4) is 0 Å². The smallest absolute Gasteiger partial charge is 0.261 e. The maximum Gasteiger partial charge on any atom is 0.261 e. The number of nitrogens with one attached hydrogen (secondary N) is 1. The van der Waals surface area contributed by atoms with E-state index in [1.54, 1.807) is 11.3 Å². The molecular weight excluding hydrogens is 386 g/mol. The highest BCUT2D eigenvalue weighted by atomic mass is 32.1. The van der Waals surface area contributed by atoms with Crippen molar-refractivity contribution in [1.29, 1.82) is 0 Å². The van der Waals surface area contributed by atoms with Crippen molar-refractivity contribution < 1.29 is 14.1 Å². The van der Waals surface area contributed by atoms with Gasteiger partial charge in [-0.15, -0.1) is 11.3 Å². The Bertz CT molecular complexity index is 999. The van der Waals surface area contributed by atoms with Crippen LogP contribution in [-0.4, -0.2) is 22.3 Å². The summed E-state index contributed by atoms with van der Waals surface area (Å²) in [6.45, 7) is 2.27. The lowest BCUT2D eigenvalue weighted by molar-refractivity contribution is -0.113. The Kier molecular flexibility index (Phi) is 4.86. The van der Waals surface area contributed by atoms with Gasteiger partial charge in [0.05, 0.1) is 5.56 Å². The minimum absolute atomic E-state index is 0.165. The van der Waals surface area contributed by atoms with Gasteiger partial charge in [-0.05, 0) is 69.3 Å². The first-order valence-electron chi connectivity index (χ1n) is 10.6. The lowest BCUT2D eigenvalue weighted by atomic mass is 9.88. The van der Waals surface area contributed by atoms with Crippen molar-refractivity contribution in [2.75, 3.05) is 5.32 Å². The van der Waals surface area contributed by atoms with Crippen molar-refractivity contribution in [2.45, 2.75) is 70.6 Å². The average molecular weight is 412 g/mol. The van der Waals surface area contributed by atoms with Crippen molar-refractivity contribution in [2.24, 2.45) is 5.92 Å². The number of aldehydes is 1. The molecule has 1 fully saturated rings. The van der Waals surface area contributed by atoms with E-state index in [1.807, 2.05) is 0 Å². The number of carbonyl (C=O) groups excluding carboxylic acids is 2. The van der Waals surface area contributed by atoms with E-state index in [0.717, 1.165) is 67.6 Å². The highest BCUT2D eigenvalue weighted by molar-refractivity contribution is 7.17. The number of allylic oxidation sites excluding steroid dienone is 1. The van der Waals surface area contributed by atoms with E-state index in [-0.39, 0.29) is 5.91 Å². The molecule has 3 aliphatic carbocycles. The third kappa shape index (κ3) is 3.56. The van der Waals surface area contributed by atoms with Crippen molar-refractivity contribution in [1.82, 2.24) is 10.1 Å². The zero-order chi connectivity index (χ0) is 20.0. The molecule has 1 N–H and O–H groups in total. The van der Waals surface area contributed by atoms with Crippen molar-refractivity contribution in [3.63, 3.8) is 0 Å². The molecule has 5 rings (SSSR count). The molecule has 0 radical (unpaired) electrons. The van der Waals surface area contributed by atoms with E-state index in [0.29, 0.717) is 41.7 Å². The van der Waals surface area contributed by atoms with E-state index in [4.69, 9.17) is 4.52 Å². The summed E-state index contributed by atoms with van der Waals surface area (Å²) in [5, 5.41) is 8.07. The van der Waals surface area contributed by atoms with Gasteiger partial charge in [0.15, 0.2) is 5.82 Å². The number of anilines is 1. The summed E-state index contributed by atoms with van der Waals surface area (Å²) in [5.41, 5.74) is 3.40. The van der Waals surface area contributed by atoms with Crippen molar-refractivity contribution in [3.05, 3.63) is 27.4 Å². The molecule has 6 nitrogen and oxygen atoms in total. The first-order valence-corrected chi connectivity index (χ1v) is 11.4. The number of amides is 1.